The smallest absolute Gasteiger partial charge is 0.308 e. The van der Waals surface area contributed by atoms with Crippen LogP contribution in [-0.4, -0.2) is 10.9 Å². The van der Waals surface area contributed by atoms with Gasteiger partial charge in [0.15, 0.2) is 0 Å². The average molecular weight is 235 g/mol. The Hall–Kier alpha value is -2.17. The Morgan fingerprint density at radius 2 is 2.18 bits per heavy atom. The lowest BCUT2D eigenvalue weighted by molar-refractivity contribution is -0.385. The number of non-ortho nitro benzene ring substituents is 1. The number of allylic oxidation sites excluding steroid dienone is 1. The van der Waals surface area contributed by atoms with Crippen LogP contribution in [0, 0.1) is 10.1 Å². The van der Waals surface area contributed by atoms with E-state index in [0.29, 0.717) is 5.56 Å². The lowest BCUT2D eigenvalue weighted by atomic mass is 10.0. The summed E-state index contributed by atoms with van der Waals surface area (Å²) in [5.41, 5.74) is 0.581. The van der Waals surface area contributed by atoms with E-state index in [2.05, 4.69) is 6.58 Å². The van der Waals surface area contributed by atoms with Gasteiger partial charge in [0.1, 0.15) is 5.75 Å². The highest BCUT2D eigenvalue weighted by Gasteiger charge is 2.13. The van der Waals surface area contributed by atoms with Crippen molar-refractivity contribution >= 4 is 11.7 Å². The molecular formula is C12H13NO4. The third kappa shape index (κ3) is 3.41. The second kappa shape index (κ2) is 5.25. The maximum absolute atomic E-state index is 10.8. The van der Waals surface area contributed by atoms with Gasteiger partial charge < -0.3 is 4.74 Å². The van der Waals surface area contributed by atoms with Crippen molar-refractivity contribution in [3.05, 3.63) is 46.5 Å². The molecule has 1 aromatic carbocycles. The molecule has 0 heterocycles. The average Bonchev–Trinajstić information content (AvgIpc) is 2.26. The van der Waals surface area contributed by atoms with Gasteiger partial charge in [-0.05, 0) is 17.5 Å². The minimum Gasteiger partial charge on any atom is -0.426 e. The molecule has 17 heavy (non-hydrogen) atoms. The standard InChI is InChI=1S/C12H13NO4/c1-4-8(2)10-5-11(13(15)16)7-12(6-10)17-9(3)14/h4-8H,1H2,2-3H3. The number of carbonyl (C=O) groups is 1. The van der Waals surface area contributed by atoms with Crippen LogP contribution in [0.15, 0.2) is 30.9 Å². The molecule has 0 bridgehead atoms. The highest BCUT2D eigenvalue weighted by molar-refractivity contribution is 5.69. The molecule has 1 aromatic rings. The minimum absolute atomic E-state index is 0.0517. The Labute approximate surface area is 98.9 Å². The number of nitro benzene ring substituents is 1. The summed E-state index contributed by atoms with van der Waals surface area (Å²) in [6.07, 6.45) is 1.66. The van der Waals surface area contributed by atoms with Crippen molar-refractivity contribution in [2.75, 3.05) is 0 Å². The number of nitrogens with zero attached hydrogens (tertiary/aromatic N) is 1. The summed E-state index contributed by atoms with van der Waals surface area (Å²) >= 11 is 0. The summed E-state index contributed by atoms with van der Waals surface area (Å²) in [6.45, 7) is 6.72. The zero-order valence-electron chi connectivity index (χ0n) is 9.67. The van der Waals surface area contributed by atoms with Crippen molar-refractivity contribution < 1.29 is 14.5 Å². The van der Waals surface area contributed by atoms with Crippen LogP contribution >= 0.6 is 0 Å². The van der Waals surface area contributed by atoms with E-state index in [0.717, 1.165) is 0 Å². The van der Waals surface area contributed by atoms with E-state index in [9.17, 15) is 14.9 Å². The number of ether oxygens (including phenoxy) is 1. The van der Waals surface area contributed by atoms with Gasteiger partial charge in [-0.1, -0.05) is 13.0 Å². The van der Waals surface area contributed by atoms with E-state index in [4.69, 9.17) is 4.74 Å². The summed E-state index contributed by atoms with van der Waals surface area (Å²) in [5, 5.41) is 10.7. The molecule has 1 unspecified atom stereocenters. The molecule has 0 saturated heterocycles. The Bertz CT molecular complexity index is 468. The highest BCUT2D eigenvalue weighted by Crippen LogP contribution is 2.27. The Morgan fingerprint density at radius 3 is 2.65 bits per heavy atom. The van der Waals surface area contributed by atoms with Crippen LogP contribution in [0.4, 0.5) is 5.69 Å². The van der Waals surface area contributed by atoms with Gasteiger partial charge in [-0.2, -0.15) is 0 Å². The summed E-state index contributed by atoms with van der Waals surface area (Å²) in [7, 11) is 0. The van der Waals surface area contributed by atoms with E-state index in [1.807, 2.05) is 6.92 Å². The molecule has 0 fully saturated rings. The first-order valence-corrected chi connectivity index (χ1v) is 5.04. The van der Waals surface area contributed by atoms with Crippen molar-refractivity contribution in [2.24, 2.45) is 0 Å². The largest absolute Gasteiger partial charge is 0.426 e. The highest BCUT2D eigenvalue weighted by atomic mass is 16.6. The molecule has 0 saturated carbocycles. The number of esters is 1. The number of hydrogen-bond donors (Lipinski definition) is 0. The van der Waals surface area contributed by atoms with Gasteiger partial charge in [0.05, 0.1) is 11.0 Å². The molecule has 0 aliphatic heterocycles. The third-order valence-corrected chi connectivity index (χ3v) is 2.27. The van der Waals surface area contributed by atoms with E-state index in [-0.39, 0.29) is 17.4 Å². The van der Waals surface area contributed by atoms with Crippen molar-refractivity contribution in [3.63, 3.8) is 0 Å². The second-order valence-electron chi connectivity index (χ2n) is 3.64. The van der Waals surface area contributed by atoms with Crippen molar-refractivity contribution in [1.82, 2.24) is 0 Å². The number of rotatable bonds is 4. The fourth-order valence-corrected chi connectivity index (χ4v) is 1.34. The summed E-state index contributed by atoms with van der Waals surface area (Å²) in [4.78, 5) is 21.1. The molecule has 0 N–H and O–H groups in total. The van der Waals surface area contributed by atoms with Crippen LogP contribution < -0.4 is 4.74 Å². The van der Waals surface area contributed by atoms with E-state index < -0.39 is 10.9 Å². The van der Waals surface area contributed by atoms with Gasteiger partial charge in [0.2, 0.25) is 0 Å². The maximum Gasteiger partial charge on any atom is 0.308 e. The molecule has 5 nitrogen and oxygen atoms in total. The molecule has 1 rings (SSSR count). The Balaban J connectivity index is 3.22. The van der Waals surface area contributed by atoms with Gasteiger partial charge in [0.25, 0.3) is 5.69 Å². The van der Waals surface area contributed by atoms with E-state index in [1.165, 1.54) is 19.1 Å². The van der Waals surface area contributed by atoms with Crippen molar-refractivity contribution in [2.45, 2.75) is 19.8 Å². The molecule has 0 spiro atoms. The second-order valence-corrected chi connectivity index (χ2v) is 3.64. The van der Waals surface area contributed by atoms with E-state index >= 15 is 0 Å². The molecule has 5 heteroatoms. The van der Waals surface area contributed by atoms with E-state index in [1.54, 1.807) is 12.1 Å². The van der Waals surface area contributed by atoms with Crippen LogP contribution in [-0.2, 0) is 4.79 Å². The third-order valence-electron chi connectivity index (χ3n) is 2.27. The number of benzene rings is 1. The molecule has 0 aromatic heterocycles. The van der Waals surface area contributed by atoms with Crippen LogP contribution in [0.5, 0.6) is 5.75 Å². The lowest BCUT2D eigenvalue weighted by Gasteiger charge is -2.08. The molecule has 0 aliphatic rings. The van der Waals surface area contributed by atoms with Gasteiger partial charge in [-0.25, -0.2) is 0 Å². The normalized spacial score (nSPS) is 11.6. The zero-order chi connectivity index (χ0) is 13.0. The monoisotopic (exact) mass is 235 g/mol. The molecule has 1 atom stereocenters. The predicted molar refractivity (Wildman–Crippen MR) is 63.0 cm³/mol. The fraction of sp³-hybridized carbons (Fsp3) is 0.250. The Kier molecular flexibility index (Phi) is 3.98. The van der Waals surface area contributed by atoms with Crippen LogP contribution in [0.2, 0.25) is 0 Å². The topological polar surface area (TPSA) is 69.4 Å². The summed E-state index contributed by atoms with van der Waals surface area (Å²) < 4.78 is 4.86. The first-order valence-electron chi connectivity index (χ1n) is 5.04. The van der Waals surface area contributed by atoms with Crippen molar-refractivity contribution in [3.8, 4) is 5.75 Å². The van der Waals surface area contributed by atoms with Crippen LogP contribution in [0.1, 0.15) is 25.3 Å². The number of hydrogen-bond acceptors (Lipinski definition) is 4. The molecule has 0 aliphatic carbocycles. The summed E-state index contributed by atoms with van der Waals surface area (Å²) in [5.74, 6) is -0.387. The van der Waals surface area contributed by atoms with Gasteiger partial charge in [0, 0.05) is 13.0 Å². The fourth-order valence-electron chi connectivity index (χ4n) is 1.34. The summed E-state index contributed by atoms with van der Waals surface area (Å²) in [6, 6.07) is 4.26. The van der Waals surface area contributed by atoms with Crippen LogP contribution in [0.25, 0.3) is 0 Å². The van der Waals surface area contributed by atoms with Crippen molar-refractivity contribution in [1.29, 1.82) is 0 Å². The first kappa shape index (κ1) is 12.9. The minimum atomic E-state index is -0.522. The molecule has 90 valence electrons. The molecule has 0 radical (unpaired) electrons. The number of nitro groups is 1. The van der Waals surface area contributed by atoms with Gasteiger partial charge in [-0.3, -0.25) is 14.9 Å². The van der Waals surface area contributed by atoms with Gasteiger partial charge in [-0.15, -0.1) is 6.58 Å². The van der Waals surface area contributed by atoms with Gasteiger partial charge >= 0.3 is 5.97 Å². The molecular weight excluding hydrogens is 222 g/mol. The zero-order valence-corrected chi connectivity index (χ0v) is 9.67. The SMILES string of the molecule is C=CC(C)c1cc(OC(C)=O)cc([N+](=O)[O-])c1. The molecule has 0 amide bonds. The lowest BCUT2D eigenvalue weighted by Crippen LogP contribution is -2.03. The Morgan fingerprint density at radius 1 is 1.53 bits per heavy atom. The first-order chi connectivity index (χ1) is 7.93. The number of carbonyl (C=O) groups excluding carboxylic acids is 1. The maximum atomic E-state index is 10.8. The predicted octanol–water partition coefficient (Wildman–Crippen LogP) is 2.81. The van der Waals surface area contributed by atoms with Crippen LogP contribution in [0.3, 0.4) is 0 Å². The quantitative estimate of drug-likeness (QED) is 0.264.